The van der Waals surface area contributed by atoms with Gasteiger partial charge in [-0.15, -0.1) is 0 Å². The number of hydrogen-bond acceptors (Lipinski definition) is 1. The van der Waals surface area contributed by atoms with Gasteiger partial charge in [0.05, 0.1) is 0 Å². The Bertz CT molecular complexity index is 286. The summed E-state index contributed by atoms with van der Waals surface area (Å²) >= 11 is 0. The van der Waals surface area contributed by atoms with Crippen molar-refractivity contribution in [3.05, 3.63) is 17.5 Å². The number of nitrogens with zero attached hydrogens (tertiary/aromatic N) is 1. The molecule has 0 unspecified atom stereocenters. The maximum absolute atomic E-state index is 12.0. The predicted octanol–water partition coefficient (Wildman–Crippen LogP) is 3.33. The van der Waals surface area contributed by atoms with Crippen LogP contribution in [0.2, 0.25) is 0 Å². The molecule has 1 heterocycles. The SMILES string of the molecule is CC.FC(F)(F)c1cc(C2CC2)[nH]n1. The van der Waals surface area contributed by atoms with Crippen molar-refractivity contribution in [3.8, 4) is 0 Å². The second-order valence-electron chi connectivity index (χ2n) is 2.98. The smallest absolute Gasteiger partial charge is 0.282 e. The van der Waals surface area contributed by atoms with Crippen LogP contribution in [0.25, 0.3) is 0 Å². The Kier molecular flexibility index (Phi) is 3.18. The van der Waals surface area contributed by atoms with Crippen molar-refractivity contribution in [1.82, 2.24) is 10.2 Å². The minimum absolute atomic E-state index is 0.286. The van der Waals surface area contributed by atoms with E-state index in [1.165, 1.54) is 0 Å². The van der Waals surface area contributed by atoms with E-state index in [4.69, 9.17) is 0 Å². The molecule has 1 aromatic heterocycles. The van der Waals surface area contributed by atoms with Crippen molar-refractivity contribution in [2.75, 3.05) is 0 Å². The lowest BCUT2D eigenvalue weighted by atomic mass is 10.3. The summed E-state index contributed by atoms with van der Waals surface area (Å²) in [7, 11) is 0. The summed E-state index contributed by atoms with van der Waals surface area (Å²) in [5, 5.41) is 5.60. The number of halogens is 3. The van der Waals surface area contributed by atoms with Gasteiger partial charge < -0.3 is 0 Å². The zero-order chi connectivity index (χ0) is 10.8. The van der Waals surface area contributed by atoms with Crippen LogP contribution in [0, 0.1) is 0 Å². The maximum Gasteiger partial charge on any atom is 0.435 e. The van der Waals surface area contributed by atoms with E-state index in [9.17, 15) is 13.2 Å². The van der Waals surface area contributed by atoms with Crippen molar-refractivity contribution in [2.24, 2.45) is 0 Å². The normalized spacial score (nSPS) is 16.1. The van der Waals surface area contributed by atoms with Gasteiger partial charge in [-0.3, -0.25) is 5.10 Å². The molecule has 0 amide bonds. The van der Waals surface area contributed by atoms with Gasteiger partial charge in [-0.05, 0) is 18.9 Å². The third-order valence-corrected chi connectivity index (χ3v) is 1.91. The highest BCUT2D eigenvalue weighted by Gasteiger charge is 2.36. The van der Waals surface area contributed by atoms with Crippen LogP contribution < -0.4 is 0 Å². The summed E-state index contributed by atoms with van der Waals surface area (Å²) in [6, 6.07) is 1.09. The minimum atomic E-state index is -4.32. The largest absolute Gasteiger partial charge is 0.435 e. The average Bonchev–Trinajstić information content (AvgIpc) is 2.85. The molecule has 0 radical (unpaired) electrons. The summed E-state index contributed by atoms with van der Waals surface area (Å²) < 4.78 is 36.0. The predicted molar refractivity (Wildman–Crippen MR) is 46.9 cm³/mol. The highest BCUT2D eigenvalue weighted by atomic mass is 19.4. The number of alkyl halides is 3. The van der Waals surface area contributed by atoms with Gasteiger partial charge in [0, 0.05) is 11.6 Å². The zero-order valence-corrected chi connectivity index (χ0v) is 8.15. The molecule has 1 aromatic rings. The van der Waals surface area contributed by atoms with Gasteiger partial charge in [0.25, 0.3) is 0 Å². The lowest BCUT2D eigenvalue weighted by Crippen LogP contribution is -2.04. The molecule has 1 fully saturated rings. The van der Waals surface area contributed by atoms with Crippen LogP contribution in [0.15, 0.2) is 6.07 Å². The van der Waals surface area contributed by atoms with Crippen LogP contribution in [0.1, 0.15) is 44.0 Å². The van der Waals surface area contributed by atoms with Crippen molar-refractivity contribution >= 4 is 0 Å². The molecule has 5 heteroatoms. The Morgan fingerprint density at radius 2 is 1.93 bits per heavy atom. The Morgan fingerprint density at radius 3 is 2.29 bits per heavy atom. The standard InChI is InChI=1S/C7H7F3N2.C2H6/c8-7(9,10)6-3-5(11-12-6)4-1-2-4;1-2/h3-4H,1-2H2,(H,11,12);1-2H3. The fourth-order valence-corrected chi connectivity index (χ4v) is 1.09. The molecular weight excluding hydrogens is 193 g/mol. The number of aromatic amines is 1. The first kappa shape index (κ1) is 11.1. The van der Waals surface area contributed by atoms with Crippen molar-refractivity contribution in [3.63, 3.8) is 0 Å². The molecule has 0 spiro atoms. The summed E-state index contributed by atoms with van der Waals surface area (Å²) in [4.78, 5) is 0. The number of rotatable bonds is 1. The van der Waals surface area contributed by atoms with E-state index in [1.807, 2.05) is 13.8 Å². The third kappa shape index (κ3) is 2.49. The molecule has 2 nitrogen and oxygen atoms in total. The number of H-pyrrole nitrogens is 1. The second-order valence-corrected chi connectivity index (χ2v) is 2.98. The summed E-state index contributed by atoms with van der Waals surface area (Å²) in [6.07, 6.45) is -2.37. The third-order valence-electron chi connectivity index (χ3n) is 1.91. The quantitative estimate of drug-likeness (QED) is 0.750. The zero-order valence-electron chi connectivity index (χ0n) is 8.15. The van der Waals surface area contributed by atoms with Crippen molar-refractivity contribution in [1.29, 1.82) is 0 Å². The van der Waals surface area contributed by atoms with Crippen molar-refractivity contribution in [2.45, 2.75) is 38.8 Å². The van der Waals surface area contributed by atoms with Crippen LogP contribution in [0.3, 0.4) is 0 Å². The van der Waals surface area contributed by atoms with E-state index in [0.717, 1.165) is 18.9 Å². The summed E-state index contributed by atoms with van der Waals surface area (Å²) in [5.41, 5.74) is -0.202. The average molecular weight is 206 g/mol. The lowest BCUT2D eigenvalue weighted by molar-refractivity contribution is -0.141. The van der Waals surface area contributed by atoms with Crippen molar-refractivity contribution < 1.29 is 13.2 Å². The molecule has 1 N–H and O–H groups in total. The summed E-state index contributed by atoms with van der Waals surface area (Å²) in [5.74, 6) is 0.286. The highest BCUT2D eigenvalue weighted by Crippen LogP contribution is 2.40. The van der Waals surface area contributed by atoms with E-state index < -0.39 is 11.9 Å². The van der Waals surface area contributed by atoms with E-state index in [-0.39, 0.29) is 5.92 Å². The minimum Gasteiger partial charge on any atom is -0.282 e. The fraction of sp³-hybridized carbons (Fsp3) is 0.667. The van der Waals surface area contributed by atoms with E-state index >= 15 is 0 Å². The molecule has 80 valence electrons. The number of nitrogens with one attached hydrogen (secondary N) is 1. The molecular formula is C9H13F3N2. The molecule has 0 atom stereocenters. The van der Waals surface area contributed by atoms with Gasteiger partial charge in [-0.2, -0.15) is 18.3 Å². The molecule has 0 saturated heterocycles. The van der Waals surface area contributed by atoms with Gasteiger partial charge in [-0.25, -0.2) is 0 Å². The van der Waals surface area contributed by atoms with Gasteiger partial charge in [-0.1, -0.05) is 13.8 Å². The highest BCUT2D eigenvalue weighted by molar-refractivity contribution is 5.18. The maximum atomic E-state index is 12.0. The summed E-state index contributed by atoms with van der Waals surface area (Å²) in [6.45, 7) is 4.00. The molecule has 1 aliphatic carbocycles. The first-order valence-electron chi connectivity index (χ1n) is 4.70. The molecule has 1 saturated carbocycles. The van der Waals surface area contributed by atoms with Crippen LogP contribution in [-0.2, 0) is 6.18 Å². The fourth-order valence-electron chi connectivity index (χ4n) is 1.09. The topological polar surface area (TPSA) is 28.7 Å². The Labute approximate surface area is 80.5 Å². The number of hydrogen-bond donors (Lipinski definition) is 1. The van der Waals surface area contributed by atoms with Gasteiger partial charge in [0.15, 0.2) is 5.69 Å². The molecule has 0 aromatic carbocycles. The molecule has 1 aliphatic rings. The van der Waals surface area contributed by atoms with Gasteiger partial charge in [0.2, 0.25) is 0 Å². The lowest BCUT2D eigenvalue weighted by Gasteiger charge is -1.98. The molecule has 14 heavy (non-hydrogen) atoms. The van der Waals surface area contributed by atoms with E-state index in [2.05, 4.69) is 10.2 Å². The van der Waals surface area contributed by atoms with Gasteiger partial charge in [0.1, 0.15) is 0 Å². The number of aromatic nitrogens is 2. The first-order chi connectivity index (χ1) is 6.57. The van der Waals surface area contributed by atoms with Gasteiger partial charge >= 0.3 is 6.18 Å². The van der Waals surface area contributed by atoms with E-state index in [1.54, 1.807) is 0 Å². The Morgan fingerprint density at radius 1 is 1.36 bits per heavy atom. The van der Waals surface area contributed by atoms with Crippen LogP contribution >= 0.6 is 0 Å². The Balaban J connectivity index is 0.000000461. The van der Waals surface area contributed by atoms with E-state index in [0.29, 0.717) is 5.69 Å². The second kappa shape index (κ2) is 4.02. The monoisotopic (exact) mass is 206 g/mol. The van der Waals surface area contributed by atoms with Crippen LogP contribution in [-0.4, -0.2) is 10.2 Å². The molecule has 0 aliphatic heterocycles. The van der Waals surface area contributed by atoms with Crippen LogP contribution in [0.5, 0.6) is 0 Å². The molecule has 2 rings (SSSR count). The molecule has 0 bridgehead atoms. The van der Waals surface area contributed by atoms with Crippen LogP contribution in [0.4, 0.5) is 13.2 Å². The first-order valence-corrected chi connectivity index (χ1v) is 4.70. The Hall–Kier alpha value is -1.00.